The molecule has 7 heteroatoms. The molecule has 0 saturated heterocycles. The molecule has 0 radical (unpaired) electrons. The highest BCUT2D eigenvalue weighted by Crippen LogP contribution is 2.27. The van der Waals surface area contributed by atoms with E-state index in [-0.39, 0.29) is 5.69 Å². The van der Waals surface area contributed by atoms with Crippen molar-refractivity contribution in [2.45, 2.75) is 13.8 Å². The summed E-state index contributed by atoms with van der Waals surface area (Å²) in [5.41, 5.74) is 5.17. The van der Waals surface area contributed by atoms with E-state index in [0.29, 0.717) is 16.3 Å². The minimum Gasteiger partial charge on any atom is -0.360 e. The number of rotatable bonds is 5. The third-order valence-corrected chi connectivity index (χ3v) is 4.99. The van der Waals surface area contributed by atoms with Crippen LogP contribution in [0.4, 0.5) is 11.4 Å². The summed E-state index contributed by atoms with van der Waals surface area (Å²) in [6.45, 7) is 4.08. The van der Waals surface area contributed by atoms with E-state index in [2.05, 4.69) is 16.4 Å². The van der Waals surface area contributed by atoms with Gasteiger partial charge in [0.2, 0.25) is 0 Å². The van der Waals surface area contributed by atoms with Gasteiger partial charge in [-0.15, -0.1) is 11.3 Å². The van der Waals surface area contributed by atoms with Crippen molar-refractivity contribution in [1.82, 2.24) is 4.98 Å². The number of aryl methyl sites for hydroxylation is 2. The first-order valence-corrected chi connectivity index (χ1v) is 9.00. The van der Waals surface area contributed by atoms with Gasteiger partial charge in [0, 0.05) is 35.0 Å². The van der Waals surface area contributed by atoms with Crippen LogP contribution in [-0.2, 0) is 0 Å². The van der Waals surface area contributed by atoms with Crippen molar-refractivity contribution in [2.75, 3.05) is 5.32 Å². The number of nitrogens with zero attached hydrogens (tertiary/aromatic N) is 3. The van der Waals surface area contributed by atoms with E-state index < -0.39 is 4.92 Å². The van der Waals surface area contributed by atoms with Crippen LogP contribution in [0.1, 0.15) is 16.1 Å². The topological polar surface area (TPSA) is 91.8 Å². The number of nitro groups is 1. The summed E-state index contributed by atoms with van der Waals surface area (Å²) in [4.78, 5) is 14.8. The molecule has 1 N–H and O–H groups in total. The lowest BCUT2D eigenvalue weighted by atomic mass is 10.1. The molecule has 2 aromatic carbocycles. The zero-order valence-electron chi connectivity index (χ0n) is 14.8. The smallest absolute Gasteiger partial charge is 0.269 e. The Kier molecular flexibility index (Phi) is 5.29. The Morgan fingerprint density at radius 1 is 1.22 bits per heavy atom. The molecule has 134 valence electrons. The number of nitriles is 1. The minimum absolute atomic E-state index is 0.0319. The SMILES string of the molecule is Cc1ccc(N/C=C(\C#N)c2nc(-c3ccc([N+](=O)[O-])cc3)cs2)cc1C. The van der Waals surface area contributed by atoms with Gasteiger partial charge in [-0.05, 0) is 49.2 Å². The fourth-order valence-electron chi connectivity index (χ4n) is 2.41. The van der Waals surface area contributed by atoms with Gasteiger partial charge in [0.15, 0.2) is 0 Å². The third-order valence-electron chi connectivity index (χ3n) is 4.12. The molecule has 3 rings (SSSR count). The fourth-order valence-corrected chi connectivity index (χ4v) is 3.21. The van der Waals surface area contributed by atoms with Gasteiger partial charge < -0.3 is 5.32 Å². The molecule has 0 fully saturated rings. The molecule has 0 aliphatic rings. The molecule has 0 saturated carbocycles. The highest BCUT2D eigenvalue weighted by atomic mass is 32.1. The summed E-state index contributed by atoms with van der Waals surface area (Å²) in [5, 5.41) is 25.8. The summed E-state index contributed by atoms with van der Waals surface area (Å²) in [5.74, 6) is 0. The quantitative estimate of drug-likeness (QED) is 0.370. The van der Waals surface area contributed by atoms with Crippen LogP contribution in [0.15, 0.2) is 54.0 Å². The molecule has 0 aliphatic carbocycles. The van der Waals surface area contributed by atoms with Gasteiger partial charge >= 0.3 is 0 Å². The number of benzene rings is 2. The summed E-state index contributed by atoms with van der Waals surface area (Å²) < 4.78 is 0. The highest BCUT2D eigenvalue weighted by Gasteiger charge is 2.11. The summed E-state index contributed by atoms with van der Waals surface area (Å²) in [7, 11) is 0. The van der Waals surface area contributed by atoms with Crippen LogP contribution < -0.4 is 5.32 Å². The number of anilines is 1. The first kappa shape index (κ1) is 18.3. The van der Waals surface area contributed by atoms with Gasteiger partial charge in [-0.25, -0.2) is 4.98 Å². The van der Waals surface area contributed by atoms with Crippen LogP contribution in [0.3, 0.4) is 0 Å². The van der Waals surface area contributed by atoms with Crippen LogP contribution in [0, 0.1) is 35.3 Å². The maximum atomic E-state index is 10.8. The third kappa shape index (κ3) is 4.19. The molecule has 6 nitrogen and oxygen atoms in total. The lowest BCUT2D eigenvalue weighted by molar-refractivity contribution is -0.384. The standard InChI is InChI=1S/C20H16N4O2S/c1-13-3-6-17(9-14(13)2)22-11-16(10-21)20-23-19(12-27-20)15-4-7-18(8-5-15)24(25)26/h3-9,11-12,22H,1-2H3/b16-11+. The number of hydrogen-bond donors (Lipinski definition) is 1. The first-order valence-electron chi connectivity index (χ1n) is 8.12. The molecule has 27 heavy (non-hydrogen) atoms. The second-order valence-electron chi connectivity index (χ2n) is 5.96. The molecule has 1 heterocycles. The number of nitrogens with one attached hydrogen (secondary N) is 1. The Morgan fingerprint density at radius 3 is 2.59 bits per heavy atom. The van der Waals surface area contributed by atoms with Gasteiger partial charge in [-0.3, -0.25) is 10.1 Å². The molecule has 0 unspecified atom stereocenters. The summed E-state index contributed by atoms with van der Waals surface area (Å²) >= 11 is 1.35. The average Bonchev–Trinajstić information content (AvgIpc) is 3.15. The van der Waals surface area contributed by atoms with E-state index in [4.69, 9.17) is 0 Å². The Labute approximate surface area is 160 Å². The molecular formula is C20H16N4O2S. The van der Waals surface area contributed by atoms with Gasteiger partial charge in [0.1, 0.15) is 16.6 Å². The van der Waals surface area contributed by atoms with Gasteiger partial charge in [0.05, 0.1) is 10.6 Å². The molecule has 0 amide bonds. The highest BCUT2D eigenvalue weighted by molar-refractivity contribution is 7.11. The van der Waals surface area contributed by atoms with Crippen molar-refractivity contribution in [3.63, 3.8) is 0 Å². The lowest BCUT2D eigenvalue weighted by Gasteiger charge is -2.05. The molecule has 0 aliphatic heterocycles. The van der Waals surface area contributed by atoms with E-state index in [1.54, 1.807) is 18.3 Å². The Hall–Kier alpha value is -3.50. The predicted octanol–water partition coefficient (Wildman–Crippen LogP) is 5.31. The van der Waals surface area contributed by atoms with E-state index in [9.17, 15) is 15.4 Å². The Morgan fingerprint density at radius 2 is 1.96 bits per heavy atom. The van der Waals surface area contributed by atoms with Crippen LogP contribution >= 0.6 is 11.3 Å². The van der Waals surface area contributed by atoms with Gasteiger partial charge in [0.25, 0.3) is 5.69 Å². The Balaban J connectivity index is 1.81. The second kappa shape index (κ2) is 7.81. The van der Waals surface area contributed by atoms with Gasteiger partial charge in [-0.1, -0.05) is 6.07 Å². The molecule has 3 aromatic rings. The van der Waals surface area contributed by atoms with Crippen molar-refractivity contribution in [3.8, 4) is 17.3 Å². The number of allylic oxidation sites excluding steroid dienone is 1. The van der Waals surface area contributed by atoms with Crippen LogP contribution in [0.25, 0.3) is 16.8 Å². The Bertz CT molecular complexity index is 1060. The van der Waals surface area contributed by atoms with E-state index >= 15 is 0 Å². The van der Waals surface area contributed by atoms with E-state index in [1.807, 2.05) is 37.4 Å². The van der Waals surface area contributed by atoms with E-state index in [0.717, 1.165) is 11.3 Å². The van der Waals surface area contributed by atoms with Crippen LogP contribution in [0.5, 0.6) is 0 Å². The molecule has 0 bridgehead atoms. The predicted molar refractivity (Wildman–Crippen MR) is 107 cm³/mol. The van der Waals surface area contributed by atoms with Crippen molar-refractivity contribution in [3.05, 3.63) is 80.3 Å². The molecule has 0 atom stereocenters. The minimum atomic E-state index is -0.439. The number of nitro benzene ring substituents is 1. The molecular weight excluding hydrogens is 360 g/mol. The lowest BCUT2D eigenvalue weighted by Crippen LogP contribution is -1.92. The van der Waals surface area contributed by atoms with Crippen molar-refractivity contribution in [2.24, 2.45) is 0 Å². The first-order chi connectivity index (χ1) is 13.0. The largest absolute Gasteiger partial charge is 0.360 e. The maximum absolute atomic E-state index is 10.8. The van der Waals surface area contributed by atoms with Crippen LogP contribution in [0.2, 0.25) is 0 Å². The van der Waals surface area contributed by atoms with E-state index in [1.165, 1.54) is 34.6 Å². The zero-order valence-corrected chi connectivity index (χ0v) is 15.6. The normalized spacial score (nSPS) is 11.1. The number of hydrogen-bond acceptors (Lipinski definition) is 6. The average molecular weight is 376 g/mol. The maximum Gasteiger partial charge on any atom is 0.269 e. The fraction of sp³-hybridized carbons (Fsp3) is 0.100. The van der Waals surface area contributed by atoms with Gasteiger partial charge in [-0.2, -0.15) is 5.26 Å². The van der Waals surface area contributed by atoms with Crippen molar-refractivity contribution in [1.29, 1.82) is 5.26 Å². The van der Waals surface area contributed by atoms with Crippen molar-refractivity contribution < 1.29 is 4.92 Å². The summed E-state index contributed by atoms with van der Waals surface area (Å²) in [6.07, 6.45) is 1.64. The molecule has 0 spiro atoms. The molecule has 1 aromatic heterocycles. The second-order valence-corrected chi connectivity index (χ2v) is 6.81. The summed E-state index contributed by atoms with van der Waals surface area (Å²) in [6, 6.07) is 14.3. The van der Waals surface area contributed by atoms with Crippen molar-refractivity contribution >= 4 is 28.3 Å². The number of non-ortho nitro benzene ring substituents is 1. The number of aromatic nitrogens is 1. The number of thiazole rings is 1. The monoisotopic (exact) mass is 376 g/mol. The van der Waals surface area contributed by atoms with Crippen LogP contribution in [-0.4, -0.2) is 9.91 Å². The zero-order chi connectivity index (χ0) is 19.4.